The number of amidine groups is 1. The van der Waals surface area contributed by atoms with E-state index in [0.717, 1.165) is 5.56 Å². The molecule has 1 aromatic carbocycles. The van der Waals surface area contributed by atoms with Gasteiger partial charge in [-0.15, -0.1) is 0 Å². The number of hydrogen-bond acceptors (Lipinski definition) is 5. The number of rotatable bonds is 6. The molecule has 0 spiro atoms. The van der Waals surface area contributed by atoms with Crippen LogP contribution in [-0.2, 0) is 19.1 Å². The summed E-state index contributed by atoms with van der Waals surface area (Å²) in [6.45, 7) is 0.180. The summed E-state index contributed by atoms with van der Waals surface area (Å²) in [6, 6.07) is 6.62. The molecule has 27 heavy (non-hydrogen) atoms. The van der Waals surface area contributed by atoms with Crippen LogP contribution in [0.5, 0.6) is 0 Å². The molecule has 5 N–H and O–H groups in total. The van der Waals surface area contributed by atoms with Crippen molar-refractivity contribution in [1.82, 2.24) is 10.6 Å². The van der Waals surface area contributed by atoms with Crippen molar-refractivity contribution in [2.45, 2.75) is 25.3 Å². The number of esters is 1. The molecular weight excluding hydrogens is 348 g/mol. The smallest absolute Gasteiger partial charge is 0.306 e. The summed E-state index contributed by atoms with van der Waals surface area (Å²) in [7, 11) is 1.28. The molecule has 142 valence electrons. The van der Waals surface area contributed by atoms with E-state index in [-0.39, 0.29) is 43.1 Å². The molecule has 1 aliphatic rings. The second-order valence-corrected chi connectivity index (χ2v) is 6.19. The first-order valence-electron chi connectivity index (χ1n) is 8.46. The zero-order valence-corrected chi connectivity index (χ0v) is 15.0. The third kappa shape index (κ3) is 6.15. The maximum absolute atomic E-state index is 12.0. The number of ether oxygens (including phenoxy) is 1. The van der Waals surface area contributed by atoms with Crippen LogP contribution in [0, 0.1) is 23.2 Å². The van der Waals surface area contributed by atoms with Gasteiger partial charge in [-0.2, -0.15) is 0 Å². The van der Waals surface area contributed by atoms with Gasteiger partial charge in [0.15, 0.2) is 0 Å². The highest BCUT2D eigenvalue weighted by atomic mass is 16.5. The van der Waals surface area contributed by atoms with Gasteiger partial charge in [0.1, 0.15) is 5.84 Å². The Labute approximate surface area is 157 Å². The van der Waals surface area contributed by atoms with Crippen molar-refractivity contribution in [2.75, 3.05) is 13.7 Å². The molecule has 0 saturated carbocycles. The lowest BCUT2D eigenvalue weighted by Gasteiger charge is -2.08. The molecular formula is C19H22N4O4. The second kappa shape index (κ2) is 9.38. The number of benzene rings is 1. The number of carbonyl (C=O) groups is 3. The quantitative estimate of drug-likeness (QED) is 0.240. The van der Waals surface area contributed by atoms with Gasteiger partial charge in [-0.1, -0.05) is 24.0 Å². The monoisotopic (exact) mass is 370 g/mol. The Morgan fingerprint density at radius 1 is 1.33 bits per heavy atom. The molecule has 1 aromatic rings. The van der Waals surface area contributed by atoms with E-state index in [1.165, 1.54) is 7.11 Å². The molecule has 0 aliphatic carbocycles. The molecule has 1 heterocycles. The Hall–Kier alpha value is -3.34. The number of nitrogens with one attached hydrogen (secondary N) is 3. The SMILES string of the molecule is COC(=O)C[C@@H]1C[C@@H](CC(=O)NCC#Cc2ccc(C(=N)N)cc2)NC1=O. The average molecular weight is 370 g/mol. The van der Waals surface area contributed by atoms with Gasteiger partial charge >= 0.3 is 5.97 Å². The van der Waals surface area contributed by atoms with Gasteiger partial charge in [0, 0.05) is 23.6 Å². The van der Waals surface area contributed by atoms with Gasteiger partial charge in [0.2, 0.25) is 11.8 Å². The molecule has 1 fully saturated rings. The van der Waals surface area contributed by atoms with E-state index in [4.69, 9.17) is 11.1 Å². The van der Waals surface area contributed by atoms with Gasteiger partial charge in [-0.25, -0.2) is 0 Å². The fourth-order valence-electron chi connectivity index (χ4n) is 2.74. The fraction of sp³-hybridized carbons (Fsp3) is 0.368. The van der Waals surface area contributed by atoms with Crippen molar-refractivity contribution in [2.24, 2.45) is 11.7 Å². The number of nitrogen functional groups attached to an aromatic ring is 1. The van der Waals surface area contributed by atoms with Crippen molar-refractivity contribution in [3.05, 3.63) is 35.4 Å². The average Bonchev–Trinajstić information content (AvgIpc) is 2.97. The van der Waals surface area contributed by atoms with Crippen LogP contribution < -0.4 is 16.4 Å². The highest BCUT2D eigenvalue weighted by Crippen LogP contribution is 2.21. The molecule has 2 atom stereocenters. The van der Waals surface area contributed by atoms with E-state index in [1.807, 2.05) is 0 Å². The number of hydrogen-bond donors (Lipinski definition) is 4. The van der Waals surface area contributed by atoms with Gasteiger partial charge in [0.05, 0.1) is 26.0 Å². The number of amides is 2. The van der Waals surface area contributed by atoms with Gasteiger partial charge < -0.3 is 21.1 Å². The minimum absolute atomic E-state index is 0.00500. The molecule has 2 amide bonds. The summed E-state index contributed by atoms with van der Waals surface area (Å²) in [5, 5.41) is 12.7. The maximum atomic E-state index is 12.0. The van der Waals surface area contributed by atoms with Crippen molar-refractivity contribution in [3.8, 4) is 11.8 Å². The Morgan fingerprint density at radius 2 is 2.04 bits per heavy atom. The first-order valence-corrected chi connectivity index (χ1v) is 8.46. The molecule has 1 aliphatic heterocycles. The van der Waals surface area contributed by atoms with Crippen LogP contribution in [0.1, 0.15) is 30.4 Å². The van der Waals surface area contributed by atoms with E-state index < -0.39 is 11.9 Å². The van der Waals surface area contributed by atoms with Crippen LogP contribution in [0.15, 0.2) is 24.3 Å². The van der Waals surface area contributed by atoms with Crippen molar-refractivity contribution >= 4 is 23.6 Å². The summed E-state index contributed by atoms with van der Waals surface area (Å²) in [5.74, 6) is 4.40. The van der Waals surface area contributed by atoms with Crippen molar-refractivity contribution in [1.29, 1.82) is 5.41 Å². The third-order valence-electron chi connectivity index (χ3n) is 4.16. The zero-order chi connectivity index (χ0) is 19.8. The van der Waals surface area contributed by atoms with Crippen LogP contribution in [-0.4, -0.2) is 43.3 Å². The molecule has 1 saturated heterocycles. The predicted octanol–water partition coefficient (Wildman–Crippen LogP) is -0.104. The van der Waals surface area contributed by atoms with Crippen LogP contribution in [0.25, 0.3) is 0 Å². The van der Waals surface area contributed by atoms with E-state index in [2.05, 4.69) is 27.2 Å². The molecule has 0 unspecified atom stereocenters. The van der Waals surface area contributed by atoms with Gasteiger partial charge in [0.25, 0.3) is 0 Å². The van der Waals surface area contributed by atoms with E-state index >= 15 is 0 Å². The number of carbonyl (C=O) groups excluding carboxylic acids is 3. The third-order valence-corrected chi connectivity index (χ3v) is 4.16. The van der Waals surface area contributed by atoms with Crippen LogP contribution in [0.3, 0.4) is 0 Å². The zero-order valence-electron chi connectivity index (χ0n) is 15.0. The minimum atomic E-state index is -0.451. The topological polar surface area (TPSA) is 134 Å². The first kappa shape index (κ1) is 20.0. The number of methoxy groups -OCH3 is 1. The van der Waals surface area contributed by atoms with Crippen LogP contribution in [0.2, 0.25) is 0 Å². The van der Waals surface area contributed by atoms with Gasteiger partial charge in [-0.05, 0) is 18.6 Å². The van der Waals surface area contributed by atoms with E-state index in [1.54, 1.807) is 24.3 Å². The standard InChI is InChI=1S/C19H22N4O4/c1-27-17(25)10-14-9-15(23-19(14)26)11-16(24)22-8-2-3-12-4-6-13(7-5-12)18(20)21/h4-7,14-15H,8-11H2,1H3,(H3,20,21)(H,22,24)(H,23,26)/t14-,15-/m0/s1. The minimum Gasteiger partial charge on any atom is -0.469 e. The Kier molecular flexibility index (Phi) is 6.94. The molecule has 0 aromatic heterocycles. The summed E-state index contributed by atoms with van der Waals surface area (Å²) < 4.78 is 4.57. The van der Waals surface area contributed by atoms with Crippen LogP contribution >= 0.6 is 0 Å². The van der Waals surface area contributed by atoms with E-state index in [9.17, 15) is 14.4 Å². The highest BCUT2D eigenvalue weighted by Gasteiger charge is 2.34. The lowest BCUT2D eigenvalue weighted by molar-refractivity contribution is -0.143. The largest absolute Gasteiger partial charge is 0.469 e. The summed E-state index contributed by atoms with van der Waals surface area (Å²) in [5.41, 5.74) is 6.76. The lowest BCUT2D eigenvalue weighted by Crippen LogP contribution is -2.33. The molecule has 8 nitrogen and oxygen atoms in total. The molecule has 0 bridgehead atoms. The fourth-order valence-corrected chi connectivity index (χ4v) is 2.74. The molecule has 0 radical (unpaired) electrons. The van der Waals surface area contributed by atoms with Crippen molar-refractivity contribution < 1.29 is 19.1 Å². The Morgan fingerprint density at radius 3 is 2.67 bits per heavy atom. The van der Waals surface area contributed by atoms with Crippen LogP contribution in [0.4, 0.5) is 0 Å². The van der Waals surface area contributed by atoms with Crippen molar-refractivity contribution in [3.63, 3.8) is 0 Å². The highest BCUT2D eigenvalue weighted by molar-refractivity contribution is 5.95. The lowest BCUT2D eigenvalue weighted by atomic mass is 10.00. The maximum Gasteiger partial charge on any atom is 0.306 e. The first-order chi connectivity index (χ1) is 12.9. The summed E-state index contributed by atoms with van der Waals surface area (Å²) in [6.07, 6.45) is 0.586. The Balaban J connectivity index is 1.75. The van der Waals surface area contributed by atoms with E-state index in [0.29, 0.717) is 12.0 Å². The summed E-state index contributed by atoms with van der Waals surface area (Å²) in [4.78, 5) is 35.0. The van der Waals surface area contributed by atoms with Gasteiger partial charge in [-0.3, -0.25) is 19.8 Å². The molecule has 2 rings (SSSR count). The number of nitrogens with two attached hydrogens (primary N) is 1. The Bertz CT molecular complexity index is 792. The molecule has 8 heteroatoms. The second-order valence-electron chi connectivity index (χ2n) is 6.19. The summed E-state index contributed by atoms with van der Waals surface area (Å²) >= 11 is 0. The normalized spacial score (nSPS) is 18.0. The predicted molar refractivity (Wildman–Crippen MR) is 98.6 cm³/mol.